The first kappa shape index (κ1) is 16.7. The second kappa shape index (κ2) is 7.53. The van der Waals surface area contributed by atoms with E-state index in [-0.39, 0.29) is 30.7 Å². The van der Waals surface area contributed by atoms with Crippen LogP contribution in [0, 0.1) is 12.7 Å². The summed E-state index contributed by atoms with van der Waals surface area (Å²) in [6.07, 6.45) is 0.613. The van der Waals surface area contributed by atoms with Crippen molar-refractivity contribution in [2.45, 2.75) is 20.3 Å². The van der Waals surface area contributed by atoms with E-state index < -0.39 is 5.82 Å². The molecular formula is C16H18FN3O3. The van der Waals surface area contributed by atoms with Crippen LogP contribution in [0.2, 0.25) is 0 Å². The topological polar surface area (TPSA) is 84.2 Å². The van der Waals surface area contributed by atoms with Crippen molar-refractivity contribution in [2.75, 3.05) is 13.1 Å². The van der Waals surface area contributed by atoms with Gasteiger partial charge in [-0.1, -0.05) is 6.92 Å². The predicted molar refractivity (Wildman–Crippen MR) is 81.7 cm³/mol. The molecule has 2 aromatic rings. The fourth-order valence-electron chi connectivity index (χ4n) is 1.95. The van der Waals surface area contributed by atoms with Gasteiger partial charge in [-0.05, 0) is 31.2 Å². The summed E-state index contributed by atoms with van der Waals surface area (Å²) in [5, 5.41) is 5.28. The summed E-state index contributed by atoms with van der Waals surface area (Å²) >= 11 is 0. The summed E-state index contributed by atoms with van der Waals surface area (Å²) in [7, 11) is 0. The van der Waals surface area contributed by atoms with E-state index >= 15 is 0 Å². The normalized spacial score (nSPS) is 10.4. The second-order valence-corrected chi connectivity index (χ2v) is 4.89. The van der Waals surface area contributed by atoms with Gasteiger partial charge in [-0.15, -0.1) is 0 Å². The van der Waals surface area contributed by atoms with Crippen LogP contribution in [0.4, 0.5) is 4.39 Å². The highest BCUT2D eigenvalue weighted by molar-refractivity contribution is 5.94. The quantitative estimate of drug-likeness (QED) is 0.796. The molecule has 0 spiro atoms. The molecule has 2 rings (SSSR count). The van der Waals surface area contributed by atoms with Crippen LogP contribution < -0.4 is 10.6 Å². The monoisotopic (exact) mass is 319 g/mol. The van der Waals surface area contributed by atoms with Crippen molar-refractivity contribution in [3.63, 3.8) is 0 Å². The first-order valence-corrected chi connectivity index (χ1v) is 7.29. The molecule has 1 aromatic carbocycles. The molecule has 2 amide bonds. The van der Waals surface area contributed by atoms with Crippen molar-refractivity contribution in [1.29, 1.82) is 0 Å². The minimum absolute atomic E-state index is 0.187. The number of aromatic nitrogens is 1. The minimum Gasteiger partial charge on any atom is -0.435 e. The minimum atomic E-state index is -0.400. The van der Waals surface area contributed by atoms with Crippen molar-refractivity contribution in [3.8, 4) is 0 Å². The Morgan fingerprint density at radius 2 is 1.74 bits per heavy atom. The van der Waals surface area contributed by atoms with Crippen LogP contribution in [-0.2, 0) is 6.42 Å². The molecule has 0 unspecified atom stereocenters. The zero-order valence-electron chi connectivity index (χ0n) is 13.0. The lowest BCUT2D eigenvalue weighted by Gasteiger charge is -2.06. The molecule has 6 nitrogen and oxygen atoms in total. The molecule has 0 bridgehead atoms. The lowest BCUT2D eigenvalue weighted by atomic mass is 10.2. The van der Waals surface area contributed by atoms with Crippen LogP contribution in [0.15, 0.2) is 28.7 Å². The lowest BCUT2D eigenvalue weighted by Crippen LogP contribution is -2.34. The zero-order chi connectivity index (χ0) is 16.8. The maximum Gasteiger partial charge on any atom is 0.289 e. The van der Waals surface area contributed by atoms with E-state index in [1.165, 1.54) is 24.3 Å². The van der Waals surface area contributed by atoms with Crippen LogP contribution >= 0.6 is 0 Å². The Morgan fingerprint density at radius 1 is 1.13 bits per heavy atom. The van der Waals surface area contributed by atoms with Gasteiger partial charge < -0.3 is 15.1 Å². The average Bonchev–Trinajstić information content (AvgIpc) is 2.93. The second-order valence-electron chi connectivity index (χ2n) is 4.89. The van der Waals surface area contributed by atoms with E-state index in [0.717, 1.165) is 0 Å². The van der Waals surface area contributed by atoms with E-state index in [0.29, 0.717) is 23.6 Å². The standard InChI is InChI=1S/C16H18FN3O3/c1-3-13-20-10(2)14(23-13)16(22)19-9-8-18-15(21)11-4-6-12(17)7-5-11/h4-7H,3,8-9H2,1-2H3,(H,18,21)(H,19,22). The molecule has 0 aliphatic carbocycles. The van der Waals surface area contributed by atoms with Gasteiger partial charge in [-0.25, -0.2) is 9.37 Å². The average molecular weight is 319 g/mol. The SMILES string of the molecule is CCc1nc(C)c(C(=O)NCCNC(=O)c2ccc(F)cc2)o1. The Hall–Kier alpha value is -2.70. The van der Waals surface area contributed by atoms with E-state index in [1.54, 1.807) is 6.92 Å². The summed E-state index contributed by atoms with van der Waals surface area (Å²) in [5.74, 6) is -0.402. The van der Waals surface area contributed by atoms with Crippen molar-refractivity contribution >= 4 is 11.8 Å². The van der Waals surface area contributed by atoms with Gasteiger partial charge >= 0.3 is 0 Å². The van der Waals surface area contributed by atoms with Gasteiger partial charge in [0.15, 0.2) is 5.89 Å². The van der Waals surface area contributed by atoms with Gasteiger partial charge in [0.2, 0.25) is 5.76 Å². The number of nitrogens with one attached hydrogen (secondary N) is 2. The number of benzene rings is 1. The van der Waals surface area contributed by atoms with Crippen LogP contribution in [0.1, 0.15) is 39.4 Å². The molecule has 1 heterocycles. The Morgan fingerprint density at radius 3 is 2.30 bits per heavy atom. The smallest absolute Gasteiger partial charge is 0.289 e. The molecule has 23 heavy (non-hydrogen) atoms. The number of amides is 2. The highest BCUT2D eigenvalue weighted by Gasteiger charge is 2.16. The molecule has 0 saturated carbocycles. The van der Waals surface area contributed by atoms with Gasteiger partial charge in [0.25, 0.3) is 11.8 Å². The highest BCUT2D eigenvalue weighted by atomic mass is 19.1. The lowest BCUT2D eigenvalue weighted by molar-refractivity contribution is 0.0908. The van der Waals surface area contributed by atoms with Gasteiger partial charge in [0.05, 0.1) is 5.69 Å². The molecule has 0 fully saturated rings. The molecule has 0 saturated heterocycles. The number of oxazole rings is 1. The van der Waals surface area contributed by atoms with Crippen molar-refractivity contribution in [1.82, 2.24) is 15.6 Å². The summed E-state index contributed by atoms with van der Waals surface area (Å²) in [5.41, 5.74) is 0.895. The van der Waals surface area contributed by atoms with Crippen LogP contribution in [0.25, 0.3) is 0 Å². The van der Waals surface area contributed by atoms with Gasteiger partial charge in [-0.2, -0.15) is 0 Å². The highest BCUT2D eigenvalue weighted by Crippen LogP contribution is 2.10. The van der Waals surface area contributed by atoms with Crippen molar-refractivity contribution in [2.24, 2.45) is 0 Å². The van der Waals surface area contributed by atoms with Gasteiger partial charge in [-0.3, -0.25) is 9.59 Å². The number of nitrogens with zero attached hydrogens (tertiary/aromatic N) is 1. The maximum absolute atomic E-state index is 12.8. The zero-order valence-corrected chi connectivity index (χ0v) is 13.0. The Labute approximate surface area is 133 Å². The van der Waals surface area contributed by atoms with Crippen LogP contribution in [0.5, 0.6) is 0 Å². The van der Waals surface area contributed by atoms with Crippen LogP contribution in [-0.4, -0.2) is 29.9 Å². The first-order valence-electron chi connectivity index (χ1n) is 7.29. The molecule has 0 aliphatic rings. The Kier molecular flexibility index (Phi) is 5.46. The number of rotatable bonds is 6. The summed E-state index contributed by atoms with van der Waals surface area (Å²) in [4.78, 5) is 27.9. The van der Waals surface area contributed by atoms with Crippen molar-refractivity contribution in [3.05, 3.63) is 53.0 Å². The molecule has 0 radical (unpaired) electrons. The largest absolute Gasteiger partial charge is 0.435 e. The van der Waals surface area contributed by atoms with Gasteiger partial charge in [0.1, 0.15) is 5.82 Å². The third-order valence-corrected chi connectivity index (χ3v) is 3.15. The predicted octanol–water partition coefficient (Wildman–Crippen LogP) is 1.84. The van der Waals surface area contributed by atoms with E-state index in [1.807, 2.05) is 6.92 Å². The molecule has 7 heteroatoms. The van der Waals surface area contributed by atoms with Crippen molar-refractivity contribution < 1.29 is 18.4 Å². The molecule has 1 aromatic heterocycles. The number of hydrogen-bond acceptors (Lipinski definition) is 4. The third kappa shape index (κ3) is 4.38. The van der Waals surface area contributed by atoms with E-state index in [9.17, 15) is 14.0 Å². The number of carbonyl (C=O) groups excluding carboxylic acids is 2. The third-order valence-electron chi connectivity index (χ3n) is 3.15. The Balaban J connectivity index is 1.78. The number of hydrogen-bond donors (Lipinski definition) is 2. The first-order chi connectivity index (χ1) is 11.0. The van der Waals surface area contributed by atoms with E-state index in [2.05, 4.69) is 15.6 Å². The summed E-state index contributed by atoms with van der Waals surface area (Å²) < 4.78 is 18.1. The molecule has 0 atom stereocenters. The molecule has 122 valence electrons. The fraction of sp³-hybridized carbons (Fsp3) is 0.312. The Bertz CT molecular complexity index is 695. The molecule has 0 aliphatic heterocycles. The maximum atomic E-state index is 12.8. The molecule has 2 N–H and O–H groups in total. The van der Waals surface area contributed by atoms with Crippen LogP contribution in [0.3, 0.4) is 0 Å². The molecular weight excluding hydrogens is 301 g/mol. The number of halogens is 1. The summed E-state index contributed by atoms with van der Waals surface area (Å²) in [6, 6.07) is 5.23. The number of carbonyl (C=O) groups is 2. The fourth-order valence-corrected chi connectivity index (χ4v) is 1.95. The summed E-state index contributed by atoms with van der Waals surface area (Å²) in [6.45, 7) is 4.08. The van der Waals surface area contributed by atoms with E-state index in [4.69, 9.17) is 4.42 Å². The number of aryl methyl sites for hydroxylation is 2. The van der Waals surface area contributed by atoms with Gasteiger partial charge in [0, 0.05) is 25.1 Å².